The Bertz CT molecular complexity index is 721. The van der Waals surface area contributed by atoms with E-state index in [1.54, 1.807) is 0 Å². The summed E-state index contributed by atoms with van der Waals surface area (Å²) in [5, 5.41) is 2.37. The van der Waals surface area contributed by atoms with Crippen molar-refractivity contribution in [1.29, 1.82) is 0 Å². The molecule has 0 bridgehead atoms. The predicted molar refractivity (Wildman–Crippen MR) is 68.4 cm³/mol. The monoisotopic (exact) mass is 319 g/mol. The van der Waals surface area contributed by atoms with Crippen molar-refractivity contribution >= 4 is 21.4 Å². The van der Waals surface area contributed by atoms with E-state index in [1.807, 2.05) is 0 Å². The molecule has 4 nitrogen and oxygen atoms in total. The molecule has 1 saturated carbocycles. The van der Waals surface area contributed by atoms with Crippen LogP contribution in [-0.4, -0.2) is 20.1 Å². The lowest BCUT2D eigenvalue weighted by molar-refractivity contribution is -0.137. The number of amides is 1. The summed E-state index contributed by atoms with van der Waals surface area (Å²) in [4.78, 5) is 11.9. The summed E-state index contributed by atoms with van der Waals surface area (Å²) in [5.74, 6) is -0.847. The Balaban J connectivity index is 2.13. The van der Waals surface area contributed by atoms with E-state index in [4.69, 9.17) is 0 Å². The number of alkyl halides is 3. The van der Waals surface area contributed by atoms with Crippen LogP contribution in [0.3, 0.4) is 0 Å². The van der Waals surface area contributed by atoms with Crippen LogP contribution in [0.15, 0.2) is 23.1 Å². The summed E-state index contributed by atoms with van der Waals surface area (Å²) in [6.45, 7) is 0. The first-order valence-corrected chi connectivity index (χ1v) is 8.05. The number of halogens is 3. The highest BCUT2D eigenvalue weighted by molar-refractivity contribution is 7.91. The fourth-order valence-electron chi connectivity index (χ4n) is 2.81. The van der Waals surface area contributed by atoms with Gasteiger partial charge in [-0.2, -0.15) is 13.2 Å². The van der Waals surface area contributed by atoms with Crippen LogP contribution in [0, 0.1) is 5.41 Å². The van der Waals surface area contributed by atoms with Gasteiger partial charge in [0.1, 0.15) is 0 Å². The van der Waals surface area contributed by atoms with Crippen LogP contribution in [0.25, 0.3) is 0 Å². The van der Waals surface area contributed by atoms with Gasteiger partial charge in [0.15, 0.2) is 9.84 Å². The van der Waals surface area contributed by atoms with Crippen LogP contribution in [0.2, 0.25) is 0 Å². The second-order valence-corrected chi connectivity index (χ2v) is 7.51. The second-order valence-electron chi connectivity index (χ2n) is 5.56. The third-order valence-electron chi connectivity index (χ3n) is 4.15. The van der Waals surface area contributed by atoms with Gasteiger partial charge in [0.25, 0.3) is 0 Å². The largest absolute Gasteiger partial charge is 0.416 e. The lowest BCUT2D eigenvalue weighted by Gasteiger charge is -2.38. The maximum Gasteiger partial charge on any atom is 0.416 e. The molecule has 21 heavy (non-hydrogen) atoms. The Morgan fingerprint density at radius 3 is 2.38 bits per heavy atom. The molecule has 2 aliphatic rings. The molecule has 1 aliphatic carbocycles. The summed E-state index contributed by atoms with van der Waals surface area (Å²) >= 11 is 0. The minimum atomic E-state index is -4.59. The number of rotatable bonds is 0. The molecule has 1 amide bonds. The van der Waals surface area contributed by atoms with Gasteiger partial charge in [-0.25, -0.2) is 8.42 Å². The molecule has 0 atom stereocenters. The summed E-state index contributed by atoms with van der Waals surface area (Å²) in [7, 11) is -3.79. The molecule has 1 aromatic carbocycles. The van der Waals surface area contributed by atoms with Crippen molar-refractivity contribution in [2.75, 3.05) is 11.1 Å². The van der Waals surface area contributed by atoms with E-state index < -0.39 is 32.9 Å². The Kier molecular flexibility index (Phi) is 2.89. The van der Waals surface area contributed by atoms with Crippen LogP contribution in [0.1, 0.15) is 24.8 Å². The van der Waals surface area contributed by atoms with E-state index in [0.29, 0.717) is 18.9 Å². The average Bonchev–Trinajstić information content (AvgIpc) is 2.40. The minimum Gasteiger partial charge on any atom is -0.324 e. The molecule has 1 heterocycles. The number of hydrogen-bond donors (Lipinski definition) is 1. The van der Waals surface area contributed by atoms with E-state index in [0.717, 1.165) is 18.6 Å². The molecular weight excluding hydrogens is 307 g/mol. The maximum absolute atomic E-state index is 12.7. The molecule has 114 valence electrons. The van der Waals surface area contributed by atoms with Crippen molar-refractivity contribution in [3.63, 3.8) is 0 Å². The zero-order valence-electron chi connectivity index (χ0n) is 10.8. The molecule has 1 aliphatic heterocycles. The van der Waals surface area contributed by atoms with E-state index in [9.17, 15) is 26.4 Å². The molecule has 0 saturated heterocycles. The highest BCUT2D eigenvalue weighted by Gasteiger charge is 2.50. The van der Waals surface area contributed by atoms with Gasteiger partial charge in [-0.3, -0.25) is 4.79 Å². The minimum absolute atomic E-state index is 0.243. The molecule has 0 aromatic heterocycles. The smallest absolute Gasteiger partial charge is 0.324 e. The number of sulfone groups is 1. The van der Waals surface area contributed by atoms with Crippen molar-refractivity contribution < 1.29 is 26.4 Å². The zero-order chi connectivity index (χ0) is 15.5. The van der Waals surface area contributed by atoms with Gasteiger partial charge >= 0.3 is 6.18 Å². The summed E-state index contributed by atoms with van der Waals surface area (Å²) in [5.41, 5.74) is -2.25. The quantitative estimate of drug-likeness (QED) is 0.799. The van der Waals surface area contributed by atoms with Crippen molar-refractivity contribution in [2.45, 2.75) is 30.3 Å². The Morgan fingerprint density at radius 1 is 1.19 bits per heavy atom. The number of carbonyl (C=O) groups excluding carboxylic acids is 1. The van der Waals surface area contributed by atoms with Gasteiger partial charge in [0.05, 0.1) is 27.3 Å². The molecule has 1 N–H and O–H groups in total. The highest BCUT2D eigenvalue weighted by atomic mass is 32.2. The van der Waals surface area contributed by atoms with Crippen molar-refractivity contribution in [2.24, 2.45) is 5.41 Å². The molecule has 8 heteroatoms. The van der Waals surface area contributed by atoms with E-state index in [2.05, 4.69) is 5.32 Å². The fraction of sp³-hybridized carbons (Fsp3) is 0.462. The highest BCUT2D eigenvalue weighted by Crippen LogP contribution is 2.47. The molecule has 3 rings (SSSR count). The van der Waals surface area contributed by atoms with Crippen LogP contribution < -0.4 is 5.32 Å². The van der Waals surface area contributed by atoms with Crippen molar-refractivity contribution in [1.82, 2.24) is 0 Å². The standard InChI is InChI=1S/C13H12F3NO3S/c14-13(15,16)8-2-3-10-9(6-8)17-11(18)12(4-1-5-12)7-21(10,19)20/h2-3,6H,1,4-5,7H2,(H,17,18). The lowest BCUT2D eigenvalue weighted by Crippen LogP contribution is -2.45. The van der Waals surface area contributed by atoms with Crippen LogP contribution in [0.5, 0.6) is 0 Å². The summed E-state index contributed by atoms with van der Waals surface area (Å²) < 4.78 is 62.8. The number of anilines is 1. The third-order valence-corrected chi connectivity index (χ3v) is 6.11. The first-order chi connectivity index (χ1) is 9.64. The number of nitrogens with one attached hydrogen (secondary N) is 1. The number of benzene rings is 1. The number of fused-ring (bicyclic) bond motifs is 1. The Labute approximate surface area is 119 Å². The van der Waals surface area contributed by atoms with Crippen LogP contribution >= 0.6 is 0 Å². The first kappa shape index (κ1) is 14.4. The zero-order valence-corrected chi connectivity index (χ0v) is 11.6. The van der Waals surface area contributed by atoms with Gasteiger partial charge in [0.2, 0.25) is 5.91 Å². The molecule has 0 unspecified atom stereocenters. The lowest BCUT2D eigenvalue weighted by atomic mass is 9.69. The fourth-order valence-corrected chi connectivity index (χ4v) is 4.84. The van der Waals surface area contributed by atoms with Crippen molar-refractivity contribution in [3.05, 3.63) is 23.8 Å². The second kappa shape index (κ2) is 4.22. The van der Waals surface area contributed by atoms with Gasteiger partial charge in [-0.15, -0.1) is 0 Å². The van der Waals surface area contributed by atoms with Gasteiger partial charge in [-0.1, -0.05) is 6.42 Å². The number of hydrogen-bond acceptors (Lipinski definition) is 3. The van der Waals surface area contributed by atoms with Gasteiger partial charge < -0.3 is 5.32 Å². The van der Waals surface area contributed by atoms with Crippen LogP contribution in [-0.2, 0) is 20.8 Å². The van der Waals surface area contributed by atoms with Gasteiger partial charge in [-0.05, 0) is 31.0 Å². The summed E-state index contributed by atoms with van der Waals surface area (Å²) in [6.07, 6.45) is -2.96. The normalized spacial score (nSPS) is 22.9. The topological polar surface area (TPSA) is 63.2 Å². The Hall–Kier alpha value is -1.57. The Morgan fingerprint density at radius 2 is 1.86 bits per heavy atom. The van der Waals surface area contributed by atoms with E-state index in [1.165, 1.54) is 0 Å². The average molecular weight is 319 g/mol. The van der Waals surface area contributed by atoms with Crippen molar-refractivity contribution in [3.8, 4) is 0 Å². The molecule has 1 fully saturated rings. The first-order valence-electron chi connectivity index (χ1n) is 6.40. The number of carbonyl (C=O) groups is 1. The molecule has 1 spiro atoms. The predicted octanol–water partition coefficient (Wildman–Crippen LogP) is 2.60. The van der Waals surface area contributed by atoms with Gasteiger partial charge in [0, 0.05) is 0 Å². The van der Waals surface area contributed by atoms with E-state index >= 15 is 0 Å². The molecule has 1 aromatic rings. The SMILES string of the molecule is O=C1Nc2cc(C(F)(F)F)ccc2S(=O)(=O)CC12CCC2. The van der Waals surface area contributed by atoms with E-state index in [-0.39, 0.29) is 16.3 Å². The summed E-state index contributed by atoms with van der Waals surface area (Å²) in [6, 6.07) is 2.33. The van der Waals surface area contributed by atoms with Crippen LogP contribution in [0.4, 0.5) is 18.9 Å². The molecular formula is C13H12F3NO3S. The maximum atomic E-state index is 12.7. The third kappa shape index (κ3) is 2.21. The molecule has 0 radical (unpaired) electrons.